The van der Waals surface area contributed by atoms with Gasteiger partial charge in [-0.25, -0.2) is 0 Å². The molecule has 1 unspecified atom stereocenters. The number of halogens is 1. The fourth-order valence-corrected chi connectivity index (χ4v) is 4.36. The molecule has 2 aromatic rings. The number of rotatable bonds is 6. The van der Waals surface area contributed by atoms with Gasteiger partial charge in [0.05, 0.1) is 0 Å². The number of fused-ring (bicyclic) bond motifs is 1. The number of nitrogens with zero attached hydrogens (tertiary/aromatic N) is 1. The lowest BCUT2D eigenvalue weighted by Gasteiger charge is -2.29. The van der Waals surface area contributed by atoms with Crippen LogP contribution in [0.25, 0.3) is 0 Å². The molecule has 6 nitrogen and oxygen atoms in total. The van der Waals surface area contributed by atoms with E-state index < -0.39 is 11.9 Å². The molecule has 0 radical (unpaired) electrons. The molecule has 2 aliphatic rings. The van der Waals surface area contributed by atoms with Crippen LogP contribution in [0.1, 0.15) is 51.9 Å². The summed E-state index contributed by atoms with van der Waals surface area (Å²) in [5.41, 5.74) is 5.24. The number of nitrogens with one attached hydrogen (secondary N) is 2. The molecular weight excluding hydrogens is 414 g/mol. The second kappa shape index (κ2) is 8.63. The van der Waals surface area contributed by atoms with Crippen molar-refractivity contribution in [1.29, 1.82) is 5.41 Å². The van der Waals surface area contributed by atoms with E-state index in [0.717, 1.165) is 22.3 Å². The molecule has 0 aliphatic carbocycles. The molecule has 0 aromatic heterocycles. The summed E-state index contributed by atoms with van der Waals surface area (Å²) in [4.78, 5) is 37.9. The predicted molar refractivity (Wildman–Crippen MR) is 118 cm³/mol. The Balaban J connectivity index is 1.38. The normalized spacial score (nSPS) is 18.2. The number of carbonyl (C=O) groups is 3. The summed E-state index contributed by atoms with van der Waals surface area (Å²) in [6, 6.07) is 11.0. The first-order valence-electron chi connectivity index (χ1n) is 10.4. The van der Waals surface area contributed by atoms with E-state index in [-0.39, 0.29) is 18.2 Å². The highest BCUT2D eigenvalue weighted by Gasteiger charge is 2.38. The minimum atomic E-state index is -0.601. The van der Waals surface area contributed by atoms with E-state index in [2.05, 4.69) is 5.32 Å². The topological polar surface area (TPSA) is 90.3 Å². The first-order chi connectivity index (χ1) is 14.8. The molecule has 2 aliphatic heterocycles. The maximum absolute atomic E-state index is 12.8. The van der Waals surface area contributed by atoms with Crippen molar-refractivity contribution in [2.45, 2.75) is 51.6 Å². The van der Waals surface area contributed by atoms with Gasteiger partial charge in [-0.15, -0.1) is 0 Å². The Labute approximate surface area is 186 Å². The van der Waals surface area contributed by atoms with Gasteiger partial charge in [-0.2, -0.15) is 0 Å². The van der Waals surface area contributed by atoms with Gasteiger partial charge in [0.2, 0.25) is 11.8 Å². The lowest BCUT2D eigenvalue weighted by atomic mass is 9.99. The SMILES string of the molecule is Cc1ccc(CC(=N)CCc2ccc3c(c2)CN(C2CCC(=O)NC2=O)C3=O)cc1Cl. The predicted octanol–water partition coefficient (Wildman–Crippen LogP) is 3.60. The fourth-order valence-electron chi connectivity index (χ4n) is 4.16. The van der Waals surface area contributed by atoms with Crippen LogP contribution in [0.15, 0.2) is 36.4 Å². The van der Waals surface area contributed by atoms with Crippen LogP contribution in [0.3, 0.4) is 0 Å². The van der Waals surface area contributed by atoms with E-state index in [1.54, 1.807) is 4.90 Å². The van der Waals surface area contributed by atoms with Crippen molar-refractivity contribution in [1.82, 2.24) is 10.2 Å². The quantitative estimate of drug-likeness (QED) is 0.534. The Kier molecular flexibility index (Phi) is 5.92. The minimum absolute atomic E-state index is 0.167. The maximum atomic E-state index is 12.8. The summed E-state index contributed by atoms with van der Waals surface area (Å²) in [6.45, 7) is 2.32. The molecule has 160 valence electrons. The van der Waals surface area contributed by atoms with Crippen LogP contribution < -0.4 is 5.32 Å². The van der Waals surface area contributed by atoms with Gasteiger partial charge in [0.1, 0.15) is 6.04 Å². The summed E-state index contributed by atoms with van der Waals surface area (Å²) < 4.78 is 0. The van der Waals surface area contributed by atoms with Crippen molar-refractivity contribution in [2.24, 2.45) is 0 Å². The van der Waals surface area contributed by atoms with Crippen LogP contribution in [-0.4, -0.2) is 34.4 Å². The summed E-state index contributed by atoms with van der Waals surface area (Å²) in [7, 11) is 0. The summed E-state index contributed by atoms with van der Waals surface area (Å²) in [5.74, 6) is -0.856. The number of hydrogen-bond donors (Lipinski definition) is 2. The molecule has 1 fully saturated rings. The van der Waals surface area contributed by atoms with Crippen LogP contribution >= 0.6 is 11.6 Å². The lowest BCUT2D eigenvalue weighted by Crippen LogP contribution is -2.52. The highest BCUT2D eigenvalue weighted by atomic mass is 35.5. The Bertz CT molecular complexity index is 1100. The highest BCUT2D eigenvalue weighted by Crippen LogP contribution is 2.28. The van der Waals surface area contributed by atoms with Crippen molar-refractivity contribution < 1.29 is 14.4 Å². The monoisotopic (exact) mass is 437 g/mol. The molecule has 1 atom stereocenters. The first kappa shape index (κ1) is 21.2. The molecule has 0 spiro atoms. The lowest BCUT2D eigenvalue weighted by molar-refractivity contribution is -0.136. The molecule has 0 bridgehead atoms. The van der Waals surface area contributed by atoms with Gasteiger partial charge in [0, 0.05) is 35.7 Å². The third-order valence-corrected chi connectivity index (χ3v) is 6.36. The second-order valence-electron chi connectivity index (χ2n) is 8.26. The summed E-state index contributed by atoms with van der Waals surface area (Å²) in [5, 5.41) is 11.3. The number of benzene rings is 2. The average molecular weight is 438 g/mol. The number of piperidine rings is 1. The van der Waals surface area contributed by atoms with E-state index in [1.165, 1.54) is 0 Å². The molecule has 2 heterocycles. The Morgan fingerprint density at radius 1 is 1.16 bits per heavy atom. The molecule has 1 saturated heterocycles. The number of carbonyl (C=O) groups excluding carboxylic acids is 3. The largest absolute Gasteiger partial charge is 0.322 e. The van der Waals surface area contributed by atoms with Gasteiger partial charge < -0.3 is 10.3 Å². The average Bonchev–Trinajstić information content (AvgIpc) is 3.05. The van der Waals surface area contributed by atoms with Gasteiger partial charge in [-0.3, -0.25) is 19.7 Å². The van der Waals surface area contributed by atoms with Crippen molar-refractivity contribution in [3.05, 3.63) is 69.2 Å². The number of hydrogen-bond acceptors (Lipinski definition) is 4. The van der Waals surface area contributed by atoms with Gasteiger partial charge >= 0.3 is 0 Å². The zero-order chi connectivity index (χ0) is 22.1. The van der Waals surface area contributed by atoms with E-state index in [1.807, 2.05) is 43.3 Å². The fraction of sp³-hybridized carbons (Fsp3) is 0.333. The Hall–Kier alpha value is -2.99. The van der Waals surface area contributed by atoms with Crippen molar-refractivity contribution in [3.63, 3.8) is 0 Å². The Morgan fingerprint density at radius 2 is 1.94 bits per heavy atom. The zero-order valence-electron chi connectivity index (χ0n) is 17.3. The van der Waals surface area contributed by atoms with Crippen molar-refractivity contribution >= 4 is 35.0 Å². The van der Waals surface area contributed by atoms with Crippen LogP contribution in [0.2, 0.25) is 5.02 Å². The van der Waals surface area contributed by atoms with Crippen molar-refractivity contribution in [3.8, 4) is 0 Å². The number of aryl methyl sites for hydroxylation is 2. The molecule has 3 amide bonds. The molecule has 2 N–H and O–H groups in total. The summed E-state index contributed by atoms with van der Waals surface area (Å²) >= 11 is 6.18. The van der Waals surface area contributed by atoms with Crippen LogP contribution in [0.4, 0.5) is 0 Å². The molecule has 0 saturated carbocycles. The molecule has 7 heteroatoms. The van der Waals surface area contributed by atoms with Gasteiger partial charge in [-0.1, -0.05) is 35.9 Å². The second-order valence-corrected chi connectivity index (χ2v) is 8.66. The smallest absolute Gasteiger partial charge is 0.255 e. The highest BCUT2D eigenvalue weighted by molar-refractivity contribution is 6.31. The summed E-state index contributed by atoms with van der Waals surface area (Å²) in [6.07, 6.45) is 2.49. The van der Waals surface area contributed by atoms with Crippen LogP contribution in [0, 0.1) is 12.3 Å². The maximum Gasteiger partial charge on any atom is 0.255 e. The molecule has 2 aromatic carbocycles. The van der Waals surface area contributed by atoms with Crippen molar-refractivity contribution in [2.75, 3.05) is 0 Å². The van der Waals surface area contributed by atoms with Crippen LogP contribution in [-0.2, 0) is 29.0 Å². The van der Waals surface area contributed by atoms with Crippen LogP contribution in [0.5, 0.6) is 0 Å². The zero-order valence-corrected chi connectivity index (χ0v) is 18.1. The third-order valence-electron chi connectivity index (χ3n) is 5.96. The molecular formula is C24H24ClN3O3. The Morgan fingerprint density at radius 3 is 2.68 bits per heavy atom. The van der Waals surface area contributed by atoms with E-state index in [0.29, 0.717) is 48.5 Å². The van der Waals surface area contributed by atoms with E-state index >= 15 is 0 Å². The number of imide groups is 1. The first-order valence-corrected chi connectivity index (χ1v) is 10.8. The van der Waals surface area contributed by atoms with Gasteiger partial charge in [0.15, 0.2) is 0 Å². The number of amides is 3. The third kappa shape index (κ3) is 4.54. The molecule has 31 heavy (non-hydrogen) atoms. The van der Waals surface area contributed by atoms with Gasteiger partial charge in [-0.05, 0) is 60.6 Å². The standard InChI is InChI=1S/C24H24ClN3O3/c1-14-2-3-16(12-20(14)25)11-18(26)6-4-15-5-7-19-17(10-15)13-28(24(19)31)21-8-9-22(29)27-23(21)30/h2-3,5,7,10,12,21,26H,4,6,8-9,11,13H2,1H3,(H,27,29,30). The van der Waals surface area contributed by atoms with E-state index in [9.17, 15) is 14.4 Å². The molecule has 4 rings (SSSR count). The van der Waals surface area contributed by atoms with E-state index in [4.69, 9.17) is 17.0 Å². The van der Waals surface area contributed by atoms with Gasteiger partial charge in [0.25, 0.3) is 5.91 Å². The minimum Gasteiger partial charge on any atom is -0.322 e.